The largest absolute Gasteiger partial charge is 0.309 e. The lowest BCUT2D eigenvalue weighted by Crippen LogP contribution is -2.39. The summed E-state index contributed by atoms with van der Waals surface area (Å²) in [6.07, 6.45) is 6.91. The molecule has 2 unspecified atom stereocenters. The van der Waals surface area contributed by atoms with Gasteiger partial charge >= 0.3 is 0 Å². The Hall–Kier alpha value is -6.06. The van der Waals surface area contributed by atoms with E-state index in [1.54, 1.807) is 0 Å². The van der Waals surface area contributed by atoms with Gasteiger partial charge < -0.3 is 4.57 Å². The Kier molecular flexibility index (Phi) is 6.41. The summed E-state index contributed by atoms with van der Waals surface area (Å²) in [7, 11) is 0. The average molecular weight is 656 g/mol. The molecule has 3 nitrogen and oxygen atoms in total. The third-order valence-corrected chi connectivity index (χ3v) is 12.0. The third-order valence-electron chi connectivity index (χ3n) is 12.0. The Bertz CT molecular complexity index is 2750. The Labute approximate surface area is 298 Å². The van der Waals surface area contributed by atoms with Crippen molar-refractivity contribution in [2.45, 2.75) is 32.1 Å². The van der Waals surface area contributed by atoms with E-state index in [-0.39, 0.29) is 16.7 Å². The monoisotopic (exact) mass is 655 g/mol. The molecule has 2 aliphatic rings. The van der Waals surface area contributed by atoms with Gasteiger partial charge in [-0.1, -0.05) is 148 Å². The van der Waals surface area contributed by atoms with Gasteiger partial charge in [0.1, 0.15) is 0 Å². The number of benzene rings is 6. The predicted octanol–water partition coefficient (Wildman–Crippen LogP) is 12.1. The molecule has 8 aromatic rings. The van der Waals surface area contributed by atoms with Gasteiger partial charge in [0, 0.05) is 44.3 Å². The van der Waals surface area contributed by atoms with E-state index in [0.29, 0.717) is 0 Å². The van der Waals surface area contributed by atoms with Gasteiger partial charge in [0.2, 0.25) is 0 Å². The van der Waals surface area contributed by atoms with E-state index in [1.807, 2.05) is 6.07 Å². The van der Waals surface area contributed by atoms with E-state index in [0.717, 1.165) is 34.0 Å². The van der Waals surface area contributed by atoms with Gasteiger partial charge in [-0.25, -0.2) is 9.97 Å². The molecule has 0 aliphatic heterocycles. The quantitative estimate of drug-likeness (QED) is 0.189. The fourth-order valence-corrected chi connectivity index (χ4v) is 9.09. The van der Waals surface area contributed by atoms with Crippen LogP contribution >= 0.6 is 0 Å². The van der Waals surface area contributed by atoms with Gasteiger partial charge in [0.15, 0.2) is 5.82 Å². The van der Waals surface area contributed by atoms with Crippen LogP contribution < -0.4 is 0 Å². The second-order valence-electron chi connectivity index (χ2n) is 14.8. The first-order valence-electron chi connectivity index (χ1n) is 17.9. The zero-order valence-corrected chi connectivity index (χ0v) is 29.0. The summed E-state index contributed by atoms with van der Waals surface area (Å²) < 4.78 is 2.40. The minimum Gasteiger partial charge on any atom is -0.309 e. The molecule has 2 atom stereocenters. The average Bonchev–Trinajstić information content (AvgIpc) is 3.59. The molecule has 0 radical (unpaired) electrons. The van der Waals surface area contributed by atoms with E-state index in [1.165, 1.54) is 49.3 Å². The van der Waals surface area contributed by atoms with Crippen LogP contribution in [0.4, 0.5) is 0 Å². The molecule has 3 heteroatoms. The topological polar surface area (TPSA) is 30.7 Å². The van der Waals surface area contributed by atoms with Crippen molar-refractivity contribution >= 4 is 38.2 Å². The summed E-state index contributed by atoms with van der Waals surface area (Å²) >= 11 is 0. The molecular formula is C48H37N3. The summed E-state index contributed by atoms with van der Waals surface area (Å²) in [4.78, 5) is 10.6. The fourth-order valence-electron chi connectivity index (χ4n) is 9.09. The first kappa shape index (κ1) is 29.8. The number of nitrogens with zero attached hydrogens (tertiary/aromatic N) is 3. The minimum absolute atomic E-state index is 0.108. The Balaban J connectivity index is 1.17. The van der Waals surface area contributed by atoms with E-state index in [2.05, 4.69) is 183 Å². The number of fused-ring (bicyclic) bond motifs is 7. The Morgan fingerprint density at radius 2 is 1.27 bits per heavy atom. The summed E-state index contributed by atoms with van der Waals surface area (Å²) in [5.74, 6) is 0.998. The van der Waals surface area contributed by atoms with Crippen LogP contribution in [0.2, 0.25) is 0 Å². The van der Waals surface area contributed by atoms with Crippen molar-refractivity contribution in [3.05, 3.63) is 181 Å². The van der Waals surface area contributed by atoms with Gasteiger partial charge in [-0.2, -0.15) is 0 Å². The van der Waals surface area contributed by atoms with Crippen LogP contribution in [0.15, 0.2) is 164 Å². The molecule has 0 amide bonds. The highest BCUT2D eigenvalue weighted by atomic mass is 15.0. The molecule has 6 aromatic carbocycles. The summed E-state index contributed by atoms with van der Waals surface area (Å²) in [6, 6.07) is 52.4. The molecule has 2 aliphatic carbocycles. The van der Waals surface area contributed by atoms with Crippen LogP contribution in [0, 0.1) is 5.41 Å². The van der Waals surface area contributed by atoms with E-state index < -0.39 is 0 Å². The van der Waals surface area contributed by atoms with E-state index in [9.17, 15) is 0 Å². The van der Waals surface area contributed by atoms with Crippen LogP contribution in [-0.4, -0.2) is 14.5 Å². The molecule has 0 N–H and O–H groups in total. The highest BCUT2D eigenvalue weighted by molar-refractivity contribution is 6.13. The maximum atomic E-state index is 5.35. The molecule has 51 heavy (non-hydrogen) atoms. The van der Waals surface area contributed by atoms with Crippen LogP contribution in [-0.2, 0) is 5.41 Å². The van der Waals surface area contributed by atoms with Crippen molar-refractivity contribution < 1.29 is 0 Å². The van der Waals surface area contributed by atoms with Crippen molar-refractivity contribution in [1.29, 1.82) is 0 Å². The predicted molar refractivity (Wildman–Crippen MR) is 212 cm³/mol. The standard InChI is InChI=1S/C48H37N3/c1-47(2)39-23-11-9-22-37(39)40-24-14-25-41(48(40,47)3)43-30-42(49-46(50-43)31-15-5-4-6-16-31)34-19-13-20-35(27-34)51-44-26-12-10-21-36(44)38-28-32-17-7-8-18-33(32)29-45(38)51/h4-30,40H,1-3H3. The zero-order chi connectivity index (χ0) is 34.3. The van der Waals surface area contributed by atoms with Gasteiger partial charge in [0.25, 0.3) is 0 Å². The maximum Gasteiger partial charge on any atom is 0.160 e. The number of hydrogen-bond acceptors (Lipinski definition) is 2. The summed E-state index contributed by atoms with van der Waals surface area (Å²) in [5, 5.41) is 4.99. The molecule has 0 saturated heterocycles. The third kappa shape index (κ3) is 4.31. The van der Waals surface area contributed by atoms with E-state index >= 15 is 0 Å². The minimum atomic E-state index is -0.196. The smallest absolute Gasteiger partial charge is 0.160 e. The lowest BCUT2D eigenvalue weighted by Gasteiger charge is -2.45. The first-order valence-corrected chi connectivity index (χ1v) is 17.9. The molecular weight excluding hydrogens is 619 g/mol. The molecule has 0 saturated carbocycles. The number of aromatic nitrogens is 3. The molecule has 0 fully saturated rings. The number of allylic oxidation sites excluding steroid dienone is 4. The molecule has 10 rings (SSSR count). The van der Waals surface area contributed by atoms with Gasteiger partial charge in [-0.3, -0.25) is 0 Å². The van der Waals surface area contributed by atoms with Crippen LogP contribution in [0.1, 0.15) is 43.5 Å². The highest BCUT2D eigenvalue weighted by Crippen LogP contribution is 2.65. The molecule has 244 valence electrons. The number of rotatable bonds is 4. The van der Waals surface area contributed by atoms with Crippen molar-refractivity contribution in [1.82, 2.24) is 14.5 Å². The fraction of sp³-hybridized carbons (Fsp3) is 0.125. The van der Waals surface area contributed by atoms with Crippen molar-refractivity contribution in [2.75, 3.05) is 0 Å². The van der Waals surface area contributed by atoms with Crippen LogP contribution in [0.5, 0.6) is 0 Å². The lowest BCUT2D eigenvalue weighted by atomic mass is 9.57. The lowest BCUT2D eigenvalue weighted by molar-refractivity contribution is 0.258. The SMILES string of the molecule is CC1(C)c2ccccc2C2C=CC=C(c3cc(-c4cccc(-n5c6ccccc6c6cc7ccccc7cc65)c4)nc(-c4ccccc4)n3)C21C. The summed E-state index contributed by atoms with van der Waals surface area (Å²) in [6.45, 7) is 7.23. The number of hydrogen-bond donors (Lipinski definition) is 0. The second-order valence-corrected chi connectivity index (χ2v) is 14.8. The Morgan fingerprint density at radius 1 is 0.569 bits per heavy atom. The summed E-state index contributed by atoms with van der Waals surface area (Å²) in [5.41, 5.74) is 11.2. The Morgan fingerprint density at radius 3 is 2.14 bits per heavy atom. The van der Waals surface area contributed by atoms with Gasteiger partial charge in [-0.15, -0.1) is 0 Å². The highest BCUT2D eigenvalue weighted by Gasteiger charge is 2.57. The van der Waals surface area contributed by atoms with Gasteiger partial charge in [0.05, 0.1) is 22.4 Å². The van der Waals surface area contributed by atoms with Crippen molar-refractivity contribution in [3.8, 4) is 28.3 Å². The second kappa shape index (κ2) is 11.0. The van der Waals surface area contributed by atoms with E-state index in [4.69, 9.17) is 9.97 Å². The van der Waals surface area contributed by atoms with Crippen molar-refractivity contribution in [3.63, 3.8) is 0 Å². The zero-order valence-electron chi connectivity index (χ0n) is 29.0. The molecule has 0 spiro atoms. The molecule has 0 bridgehead atoms. The first-order chi connectivity index (χ1) is 24.9. The molecule has 2 aromatic heterocycles. The normalized spacial score (nSPS) is 19.0. The van der Waals surface area contributed by atoms with Crippen LogP contribution in [0.3, 0.4) is 0 Å². The number of para-hydroxylation sites is 1. The van der Waals surface area contributed by atoms with Gasteiger partial charge in [-0.05, 0) is 63.9 Å². The van der Waals surface area contributed by atoms with Crippen LogP contribution in [0.25, 0.3) is 66.5 Å². The molecule has 2 heterocycles. The van der Waals surface area contributed by atoms with Crippen molar-refractivity contribution in [2.24, 2.45) is 5.41 Å². The maximum absolute atomic E-state index is 5.35.